The van der Waals surface area contributed by atoms with Crippen LogP contribution < -0.4 is 10.6 Å². The van der Waals surface area contributed by atoms with E-state index >= 15 is 0 Å². The van der Waals surface area contributed by atoms with Crippen LogP contribution in [0.2, 0.25) is 0 Å². The van der Waals surface area contributed by atoms with E-state index in [9.17, 15) is 4.79 Å². The highest BCUT2D eigenvalue weighted by Gasteiger charge is 2.17. The van der Waals surface area contributed by atoms with Crippen LogP contribution in [-0.4, -0.2) is 23.5 Å². The maximum absolute atomic E-state index is 12.0. The van der Waals surface area contributed by atoms with Crippen molar-refractivity contribution in [3.8, 4) is 0 Å². The molecule has 2 N–H and O–H groups in total. The van der Waals surface area contributed by atoms with Crippen molar-refractivity contribution in [2.45, 2.75) is 36.0 Å². The summed E-state index contributed by atoms with van der Waals surface area (Å²) in [7, 11) is 0. The van der Waals surface area contributed by atoms with Crippen LogP contribution in [0, 0.1) is 0 Å². The maximum atomic E-state index is 12.0. The molecule has 0 bridgehead atoms. The molecule has 1 fully saturated rings. The molecule has 5 heteroatoms. The Balaban J connectivity index is 1.47. The number of amides is 1. The van der Waals surface area contributed by atoms with Crippen molar-refractivity contribution < 1.29 is 4.79 Å². The standard InChI is InChI=1S/C18H21N3OS/c22-18(11-16-4-2-10-20-16)21-15-5-7-17(8-6-15)23-13-14-3-1-9-19-12-14/h1,3,5-9,12,16,20H,2,4,10-11,13H2,(H,21,22). The highest BCUT2D eigenvalue weighted by Crippen LogP contribution is 2.24. The maximum Gasteiger partial charge on any atom is 0.225 e. The van der Waals surface area contributed by atoms with E-state index in [4.69, 9.17) is 0 Å². The van der Waals surface area contributed by atoms with Crippen LogP contribution in [0.4, 0.5) is 5.69 Å². The van der Waals surface area contributed by atoms with Crippen molar-refractivity contribution in [2.24, 2.45) is 0 Å². The highest BCUT2D eigenvalue weighted by molar-refractivity contribution is 7.98. The molecule has 1 saturated heterocycles. The minimum Gasteiger partial charge on any atom is -0.326 e. The van der Waals surface area contributed by atoms with E-state index in [1.165, 1.54) is 16.9 Å². The molecule has 4 nitrogen and oxygen atoms in total. The molecule has 1 unspecified atom stereocenters. The van der Waals surface area contributed by atoms with Crippen LogP contribution in [0.15, 0.2) is 53.7 Å². The summed E-state index contributed by atoms with van der Waals surface area (Å²) in [5, 5.41) is 6.32. The summed E-state index contributed by atoms with van der Waals surface area (Å²) in [6.45, 7) is 1.03. The number of rotatable bonds is 6. The van der Waals surface area contributed by atoms with Crippen molar-refractivity contribution in [3.05, 3.63) is 54.4 Å². The topological polar surface area (TPSA) is 54.0 Å². The summed E-state index contributed by atoms with van der Waals surface area (Å²) in [5.74, 6) is 0.979. The number of hydrogen-bond acceptors (Lipinski definition) is 4. The van der Waals surface area contributed by atoms with Gasteiger partial charge >= 0.3 is 0 Å². The predicted octanol–water partition coefficient (Wildman–Crippen LogP) is 3.45. The Morgan fingerprint density at radius 2 is 2.17 bits per heavy atom. The second kappa shape index (κ2) is 8.13. The van der Waals surface area contributed by atoms with Gasteiger partial charge < -0.3 is 10.6 Å². The van der Waals surface area contributed by atoms with Crippen molar-refractivity contribution in [2.75, 3.05) is 11.9 Å². The number of carbonyl (C=O) groups excluding carboxylic acids is 1. The Kier molecular flexibility index (Phi) is 5.66. The second-order valence-corrected chi connectivity index (χ2v) is 6.77. The van der Waals surface area contributed by atoms with Gasteiger partial charge in [-0.15, -0.1) is 11.8 Å². The first-order valence-corrected chi connectivity index (χ1v) is 8.93. The molecule has 120 valence electrons. The lowest BCUT2D eigenvalue weighted by molar-refractivity contribution is -0.116. The smallest absolute Gasteiger partial charge is 0.225 e. The fourth-order valence-electron chi connectivity index (χ4n) is 2.65. The molecule has 0 aliphatic carbocycles. The number of anilines is 1. The predicted molar refractivity (Wildman–Crippen MR) is 94.5 cm³/mol. The molecule has 0 spiro atoms. The molecule has 1 aliphatic heterocycles. The third-order valence-electron chi connectivity index (χ3n) is 3.86. The lowest BCUT2D eigenvalue weighted by Crippen LogP contribution is -2.27. The molecular formula is C18H21N3OS. The monoisotopic (exact) mass is 327 g/mol. The van der Waals surface area contributed by atoms with E-state index in [2.05, 4.69) is 21.7 Å². The summed E-state index contributed by atoms with van der Waals surface area (Å²) in [6.07, 6.45) is 6.49. The molecule has 1 atom stereocenters. The van der Waals surface area contributed by atoms with Gasteiger partial charge in [-0.05, 0) is 55.3 Å². The summed E-state index contributed by atoms with van der Waals surface area (Å²) in [5.41, 5.74) is 2.07. The van der Waals surface area contributed by atoms with Gasteiger partial charge in [-0.1, -0.05) is 6.07 Å². The molecule has 23 heavy (non-hydrogen) atoms. The van der Waals surface area contributed by atoms with Crippen molar-refractivity contribution in [1.29, 1.82) is 0 Å². The van der Waals surface area contributed by atoms with Gasteiger partial charge in [0.15, 0.2) is 0 Å². The third kappa shape index (κ3) is 5.08. The lowest BCUT2D eigenvalue weighted by atomic mass is 10.1. The zero-order chi connectivity index (χ0) is 15.9. The fraction of sp³-hybridized carbons (Fsp3) is 0.333. The third-order valence-corrected chi connectivity index (χ3v) is 4.94. The van der Waals surface area contributed by atoms with E-state index < -0.39 is 0 Å². The van der Waals surface area contributed by atoms with Gasteiger partial charge in [0.25, 0.3) is 0 Å². The average molecular weight is 327 g/mol. The Hall–Kier alpha value is -1.85. The van der Waals surface area contributed by atoms with Crippen molar-refractivity contribution >= 4 is 23.4 Å². The molecule has 0 radical (unpaired) electrons. The number of carbonyl (C=O) groups is 1. The number of benzene rings is 1. The average Bonchev–Trinajstić information content (AvgIpc) is 3.08. The summed E-state index contributed by atoms with van der Waals surface area (Å²) in [6, 6.07) is 12.4. The number of aromatic nitrogens is 1. The quantitative estimate of drug-likeness (QED) is 0.798. The number of pyridine rings is 1. The number of nitrogens with one attached hydrogen (secondary N) is 2. The molecule has 1 amide bonds. The Labute approximate surface area is 141 Å². The molecule has 1 aromatic heterocycles. The Morgan fingerprint density at radius 1 is 1.30 bits per heavy atom. The zero-order valence-electron chi connectivity index (χ0n) is 13.0. The van der Waals surface area contributed by atoms with Crippen LogP contribution in [0.25, 0.3) is 0 Å². The van der Waals surface area contributed by atoms with E-state index in [0.717, 1.165) is 24.4 Å². The van der Waals surface area contributed by atoms with E-state index in [1.54, 1.807) is 18.0 Å². The van der Waals surface area contributed by atoms with Crippen molar-refractivity contribution in [1.82, 2.24) is 10.3 Å². The van der Waals surface area contributed by atoms with Gasteiger partial charge in [0.1, 0.15) is 0 Å². The van der Waals surface area contributed by atoms with Gasteiger partial charge in [-0.3, -0.25) is 9.78 Å². The molecule has 1 aliphatic rings. The first-order chi connectivity index (χ1) is 11.3. The molecule has 0 saturated carbocycles. The zero-order valence-corrected chi connectivity index (χ0v) is 13.8. The van der Waals surface area contributed by atoms with Crippen molar-refractivity contribution in [3.63, 3.8) is 0 Å². The van der Waals surface area contributed by atoms with Crippen LogP contribution in [-0.2, 0) is 10.5 Å². The van der Waals surface area contributed by atoms with Gasteiger partial charge in [0.2, 0.25) is 5.91 Å². The van der Waals surface area contributed by atoms with Crippen LogP contribution in [0.3, 0.4) is 0 Å². The van der Waals surface area contributed by atoms with E-state index in [0.29, 0.717) is 12.5 Å². The largest absolute Gasteiger partial charge is 0.326 e. The minimum atomic E-state index is 0.0835. The Bertz CT molecular complexity index is 624. The lowest BCUT2D eigenvalue weighted by Gasteiger charge is -2.10. The van der Waals surface area contributed by atoms with Crippen LogP contribution in [0.1, 0.15) is 24.8 Å². The number of hydrogen-bond donors (Lipinski definition) is 2. The van der Waals surface area contributed by atoms with Gasteiger partial charge in [0.05, 0.1) is 0 Å². The minimum absolute atomic E-state index is 0.0835. The molecule has 1 aromatic carbocycles. The normalized spacial score (nSPS) is 17.1. The number of nitrogens with zero attached hydrogens (tertiary/aromatic N) is 1. The molecule has 3 rings (SSSR count). The number of thioether (sulfide) groups is 1. The second-order valence-electron chi connectivity index (χ2n) is 5.72. The van der Waals surface area contributed by atoms with Gasteiger partial charge in [-0.25, -0.2) is 0 Å². The summed E-state index contributed by atoms with van der Waals surface area (Å²) < 4.78 is 0. The highest BCUT2D eigenvalue weighted by atomic mass is 32.2. The first-order valence-electron chi connectivity index (χ1n) is 7.94. The van der Waals surface area contributed by atoms with E-state index in [-0.39, 0.29) is 5.91 Å². The SMILES string of the molecule is O=C(CC1CCCN1)Nc1ccc(SCc2cccnc2)cc1. The molecule has 2 aromatic rings. The summed E-state index contributed by atoms with van der Waals surface area (Å²) >= 11 is 1.76. The fourth-order valence-corrected chi connectivity index (χ4v) is 3.48. The van der Waals surface area contributed by atoms with Gasteiger partial charge in [-0.2, -0.15) is 0 Å². The van der Waals surface area contributed by atoms with Crippen LogP contribution >= 0.6 is 11.8 Å². The van der Waals surface area contributed by atoms with Gasteiger partial charge in [0, 0.05) is 41.2 Å². The summed E-state index contributed by atoms with van der Waals surface area (Å²) in [4.78, 5) is 17.3. The molecule has 2 heterocycles. The Morgan fingerprint density at radius 3 is 2.87 bits per heavy atom. The first kappa shape index (κ1) is 16.0. The molecular weight excluding hydrogens is 306 g/mol. The van der Waals surface area contributed by atoms with E-state index in [1.807, 2.05) is 36.5 Å². The van der Waals surface area contributed by atoms with Crippen LogP contribution in [0.5, 0.6) is 0 Å².